The fourth-order valence-corrected chi connectivity index (χ4v) is 1.36. The molecule has 4 heteroatoms. The van der Waals surface area contributed by atoms with Gasteiger partial charge in [-0.25, -0.2) is 4.79 Å². The number of hydrogen-bond donors (Lipinski definition) is 1. The topological polar surface area (TPSA) is 41.6 Å². The molecule has 1 saturated heterocycles. The average Bonchev–Trinajstić information content (AvgIpc) is 2.42. The van der Waals surface area contributed by atoms with Crippen LogP contribution in [0, 0.1) is 5.92 Å². The predicted octanol–water partition coefficient (Wildman–Crippen LogP) is 1.07. The van der Waals surface area contributed by atoms with E-state index in [1.165, 1.54) is 0 Å². The van der Waals surface area contributed by atoms with Crippen LogP contribution in [0.15, 0.2) is 0 Å². The number of carbonyl (C=O) groups excluding carboxylic acids is 1. The summed E-state index contributed by atoms with van der Waals surface area (Å²) in [6.07, 6.45) is 0.846. The van der Waals surface area contributed by atoms with Crippen LogP contribution < -0.4 is 5.32 Å². The highest BCUT2D eigenvalue weighted by Gasteiger charge is 2.16. The lowest BCUT2D eigenvalue weighted by atomic mass is 10.2. The first-order valence-corrected chi connectivity index (χ1v) is 5.32. The first-order valence-electron chi connectivity index (χ1n) is 5.32. The average molecular weight is 200 g/mol. The number of hydrogen-bond acceptors (Lipinski definition) is 3. The van der Waals surface area contributed by atoms with E-state index in [4.69, 9.17) is 4.74 Å². The summed E-state index contributed by atoms with van der Waals surface area (Å²) in [5, 5.41) is 3.25. The minimum Gasteiger partial charge on any atom is -0.449 e. The molecule has 0 aromatic heterocycles. The second kappa shape index (κ2) is 5.86. The molecule has 0 aliphatic carbocycles. The Morgan fingerprint density at radius 1 is 1.43 bits per heavy atom. The molecule has 0 unspecified atom stereocenters. The third-order valence-electron chi connectivity index (χ3n) is 2.14. The SMILES string of the molecule is CC(C)COC(=O)N1CCCNCC1. The molecule has 1 amide bonds. The van der Waals surface area contributed by atoms with Crippen molar-refractivity contribution in [2.45, 2.75) is 20.3 Å². The number of nitrogens with one attached hydrogen (secondary N) is 1. The summed E-state index contributed by atoms with van der Waals surface area (Å²) in [7, 11) is 0. The van der Waals surface area contributed by atoms with Crippen molar-refractivity contribution in [2.75, 3.05) is 32.8 Å². The summed E-state index contributed by atoms with van der Waals surface area (Å²) >= 11 is 0. The number of carbonyl (C=O) groups is 1. The standard InChI is InChI=1S/C10H20N2O2/c1-9(2)8-14-10(13)12-6-3-4-11-5-7-12/h9,11H,3-8H2,1-2H3. The molecule has 0 bridgehead atoms. The van der Waals surface area contributed by atoms with Gasteiger partial charge >= 0.3 is 6.09 Å². The molecule has 1 aliphatic heterocycles. The Labute approximate surface area is 85.6 Å². The molecule has 1 aliphatic rings. The fourth-order valence-electron chi connectivity index (χ4n) is 1.36. The maximum atomic E-state index is 11.5. The Bertz CT molecular complexity index is 175. The molecular formula is C10H20N2O2. The van der Waals surface area contributed by atoms with Crippen molar-refractivity contribution in [1.29, 1.82) is 0 Å². The van der Waals surface area contributed by atoms with Crippen molar-refractivity contribution in [2.24, 2.45) is 5.92 Å². The maximum absolute atomic E-state index is 11.5. The molecule has 1 rings (SSSR count). The van der Waals surface area contributed by atoms with Crippen LogP contribution in [-0.2, 0) is 4.74 Å². The lowest BCUT2D eigenvalue weighted by Crippen LogP contribution is -2.35. The van der Waals surface area contributed by atoms with E-state index >= 15 is 0 Å². The molecule has 1 N–H and O–H groups in total. The smallest absolute Gasteiger partial charge is 0.409 e. The Morgan fingerprint density at radius 2 is 2.21 bits per heavy atom. The van der Waals surface area contributed by atoms with E-state index in [2.05, 4.69) is 5.32 Å². The van der Waals surface area contributed by atoms with Gasteiger partial charge in [0.15, 0.2) is 0 Å². The summed E-state index contributed by atoms with van der Waals surface area (Å²) in [5.74, 6) is 0.407. The zero-order valence-corrected chi connectivity index (χ0v) is 9.08. The second-order valence-electron chi connectivity index (χ2n) is 4.06. The monoisotopic (exact) mass is 200 g/mol. The summed E-state index contributed by atoms with van der Waals surface area (Å²) in [4.78, 5) is 13.3. The third-order valence-corrected chi connectivity index (χ3v) is 2.14. The Balaban J connectivity index is 2.27. The van der Waals surface area contributed by atoms with E-state index in [0.29, 0.717) is 12.5 Å². The Morgan fingerprint density at radius 3 is 2.93 bits per heavy atom. The summed E-state index contributed by atoms with van der Waals surface area (Å²) in [6, 6.07) is 0. The molecular weight excluding hydrogens is 180 g/mol. The highest BCUT2D eigenvalue weighted by Crippen LogP contribution is 2.01. The largest absolute Gasteiger partial charge is 0.449 e. The minimum atomic E-state index is -0.164. The minimum absolute atomic E-state index is 0.164. The maximum Gasteiger partial charge on any atom is 0.409 e. The van der Waals surface area contributed by atoms with Crippen LogP contribution in [0.25, 0.3) is 0 Å². The van der Waals surface area contributed by atoms with Crippen molar-refractivity contribution in [3.8, 4) is 0 Å². The van der Waals surface area contributed by atoms with Gasteiger partial charge in [0.25, 0.3) is 0 Å². The lowest BCUT2D eigenvalue weighted by molar-refractivity contribution is 0.0941. The molecule has 4 nitrogen and oxygen atoms in total. The van der Waals surface area contributed by atoms with Crippen LogP contribution >= 0.6 is 0 Å². The van der Waals surface area contributed by atoms with Gasteiger partial charge in [-0.1, -0.05) is 13.8 Å². The van der Waals surface area contributed by atoms with Crippen molar-refractivity contribution in [3.63, 3.8) is 0 Å². The molecule has 0 aromatic carbocycles. The number of amides is 1. The second-order valence-corrected chi connectivity index (χ2v) is 4.06. The molecule has 14 heavy (non-hydrogen) atoms. The lowest BCUT2D eigenvalue weighted by Gasteiger charge is -2.19. The van der Waals surface area contributed by atoms with E-state index in [0.717, 1.165) is 32.6 Å². The van der Waals surface area contributed by atoms with Crippen LogP contribution in [0.1, 0.15) is 20.3 Å². The molecule has 1 fully saturated rings. The zero-order chi connectivity index (χ0) is 10.4. The Kier molecular flexibility index (Phi) is 4.73. The quantitative estimate of drug-likeness (QED) is 0.725. The van der Waals surface area contributed by atoms with Gasteiger partial charge in [-0.3, -0.25) is 0 Å². The summed E-state index contributed by atoms with van der Waals surface area (Å²) in [5.41, 5.74) is 0. The van der Waals surface area contributed by atoms with Gasteiger partial charge in [0, 0.05) is 19.6 Å². The van der Waals surface area contributed by atoms with Crippen molar-refractivity contribution < 1.29 is 9.53 Å². The molecule has 0 spiro atoms. The number of rotatable bonds is 2. The zero-order valence-electron chi connectivity index (χ0n) is 9.08. The van der Waals surface area contributed by atoms with E-state index in [1.54, 1.807) is 4.90 Å². The van der Waals surface area contributed by atoms with Gasteiger partial charge in [0.1, 0.15) is 0 Å². The van der Waals surface area contributed by atoms with Crippen molar-refractivity contribution >= 4 is 6.09 Å². The van der Waals surface area contributed by atoms with Crippen LogP contribution in [0.2, 0.25) is 0 Å². The van der Waals surface area contributed by atoms with Crippen LogP contribution in [0.4, 0.5) is 4.79 Å². The van der Waals surface area contributed by atoms with Gasteiger partial charge in [-0.05, 0) is 18.9 Å². The highest BCUT2D eigenvalue weighted by atomic mass is 16.6. The predicted molar refractivity (Wildman–Crippen MR) is 55.2 cm³/mol. The number of ether oxygens (including phenoxy) is 1. The highest BCUT2D eigenvalue weighted by molar-refractivity contribution is 5.67. The molecule has 0 aromatic rings. The van der Waals surface area contributed by atoms with Gasteiger partial charge in [0.05, 0.1) is 6.61 Å². The van der Waals surface area contributed by atoms with Crippen LogP contribution in [0.5, 0.6) is 0 Å². The van der Waals surface area contributed by atoms with E-state index in [1.807, 2.05) is 13.8 Å². The molecule has 1 heterocycles. The van der Waals surface area contributed by atoms with Crippen LogP contribution in [0.3, 0.4) is 0 Å². The van der Waals surface area contributed by atoms with Crippen molar-refractivity contribution in [1.82, 2.24) is 10.2 Å². The van der Waals surface area contributed by atoms with E-state index in [-0.39, 0.29) is 6.09 Å². The van der Waals surface area contributed by atoms with E-state index < -0.39 is 0 Å². The first kappa shape index (κ1) is 11.3. The fraction of sp³-hybridized carbons (Fsp3) is 0.900. The number of nitrogens with zero attached hydrogens (tertiary/aromatic N) is 1. The molecule has 0 saturated carbocycles. The van der Waals surface area contributed by atoms with E-state index in [9.17, 15) is 4.79 Å². The van der Waals surface area contributed by atoms with Gasteiger partial charge in [-0.2, -0.15) is 0 Å². The Hall–Kier alpha value is -0.770. The third kappa shape index (κ3) is 3.96. The molecule has 0 atom stereocenters. The van der Waals surface area contributed by atoms with Gasteiger partial charge in [0.2, 0.25) is 0 Å². The molecule has 82 valence electrons. The summed E-state index contributed by atoms with van der Waals surface area (Å²) < 4.78 is 5.16. The van der Waals surface area contributed by atoms with Gasteiger partial charge < -0.3 is 15.0 Å². The normalized spacial score (nSPS) is 18.1. The van der Waals surface area contributed by atoms with Crippen molar-refractivity contribution in [3.05, 3.63) is 0 Å². The van der Waals surface area contributed by atoms with Crippen LogP contribution in [-0.4, -0.2) is 43.8 Å². The van der Waals surface area contributed by atoms with Gasteiger partial charge in [-0.15, -0.1) is 0 Å². The summed E-state index contributed by atoms with van der Waals surface area (Å²) in [6.45, 7) is 8.03. The molecule has 0 radical (unpaired) electrons. The first-order chi connectivity index (χ1) is 6.70.